The zero-order valence-corrected chi connectivity index (χ0v) is 21.0. The topological polar surface area (TPSA) is 59.0 Å². The second-order valence-corrected chi connectivity index (χ2v) is 11.3. The molecule has 5 rings (SSSR count). The predicted octanol–water partition coefficient (Wildman–Crippen LogP) is 4.90. The molecule has 0 amide bonds. The highest BCUT2D eigenvalue weighted by Crippen LogP contribution is 2.49. The van der Waals surface area contributed by atoms with Crippen LogP contribution in [0.1, 0.15) is 34.6 Å². The van der Waals surface area contributed by atoms with Crippen LogP contribution in [-0.2, 0) is 26.5 Å². The molecule has 3 aromatic rings. The zero-order valence-electron chi connectivity index (χ0n) is 19.3. The van der Waals surface area contributed by atoms with E-state index in [0.29, 0.717) is 40.8 Å². The van der Waals surface area contributed by atoms with Crippen LogP contribution in [0.4, 0.5) is 0 Å². The van der Waals surface area contributed by atoms with Gasteiger partial charge in [-0.2, -0.15) is 0 Å². The van der Waals surface area contributed by atoms with Gasteiger partial charge in [0.05, 0.1) is 23.0 Å². The molecule has 0 radical (unpaired) electrons. The van der Waals surface area contributed by atoms with E-state index in [2.05, 4.69) is 24.1 Å². The van der Waals surface area contributed by atoms with Gasteiger partial charge in [0.2, 0.25) is 5.60 Å². The van der Waals surface area contributed by atoms with Gasteiger partial charge in [0, 0.05) is 18.5 Å². The summed E-state index contributed by atoms with van der Waals surface area (Å²) in [6.07, 6.45) is 3.01. The highest BCUT2D eigenvalue weighted by molar-refractivity contribution is 7.12. The summed E-state index contributed by atoms with van der Waals surface area (Å²) < 4.78 is 12.0. The average Bonchev–Trinajstić information content (AvgIpc) is 3.67. The molecule has 2 aromatic heterocycles. The maximum atomic E-state index is 13.5. The van der Waals surface area contributed by atoms with Crippen molar-refractivity contribution in [1.29, 1.82) is 0 Å². The van der Waals surface area contributed by atoms with Crippen molar-refractivity contribution in [3.8, 4) is 0 Å². The van der Waals surface area contributed by atoms with Gasteiger partial charge in [-0.15, -0.1) is 22.7 Å². The van der Waals surface area contributed by atoms with E-state index in [0.717, 1.165) is 25.8 Å². The first-order chi connectivity index (χ1) is 16.6. The third kappa shape index (κ3) is 4.60. The molecule has 2 bridgehead atoms. The SMILES string of the molecule is CN(CCOCc1ccccc1)[C@@H]1CC2CCC1C2OC(=O)C(O)(c1cccs1)c1cccs1. The molecule has 2 fully saturated rings. The number of benzene rings is 1. The molecule has 1 N–H and O–H groups in total. The quantitative estimate of drug-likeness (QED) is 0.319. The number of hydrogen-bond donors (Lipinski definition) is 1. The Bertz CT molecular complexity index is 1020. The monoisotopic (exact) mass is 497 g/mol. The Labute approximate surface area is 209 Å². The summed E-state index contributed by atoms with van der Waals surface area (Å²) in [5.74, 6) is 0.0975. The Hall–Kier alpha value is -2.03. The fourth-order valence-electron chi connectivity index (χ4n) is 5.56. The second kappa shape index (κ2) is 10.3. The minimum atomic E-state index is -1.74. The molecule has 2 aliphatic rings. The van der Waals surface area contributed by atoms with Crippen molar-refractivity contribution in [2.24, 2.45) is 11.8 Å². The highest BCUT2D eigenvalue weighted by Gasteiger charge is 2.54. The van der Waals surface area contributed by atoms with Gasteiger partial charge < -0.3 is 19.5 Å². The van der Waals surface area contributed by atoms with E-state index < -0.39 is 11.6 Å². The van der Waals surface area contributed by atoms with Crippen LogP contribution in [0.2, 0.25) is 0 Å². The summed E-state index contributed by atoms with van der Waals surface area (Å²) in [6.45, 7) is 2.13. The van der Waals surface area contributed by atoms with Crippen LogP contribution >= 0.6 is 22.7 Å². The van der Waals surface area contributed by atoms with Gasteiger partial charge in [0.25, 0.3) is 0 Å². The summed E-state index contributed by atoms with van der Waals surface area (Å²) in [7, 11) is 2.14. The number of nitrogens with zero attached hydrogens (tertiary/aromatic N) is 1. The molecule has 180 valence electrons. The molecule has 7 heteroatoms. The van der Waals surface area contributed by atoms with E-state index in [-0.39, 0.29) is 6.10 Å². The van der Waals surface area contributed by atoms with Crippen LogP contribution in [0.25, 0.3) is 0 Å². The Morgan fingerprint density at radius 3 is 2.41 bits per heavy atom. The summed E-state index contributed by atoms with van der Waals surface area (Å²) in [5, 5.41) is 15.3. The highest BCUT2D eigenvalue weighted by atomic mass is 32.1. The maximum absolute atomic E-state index is 13.5. The largest absolute Gasteiger partial charge is 0.459 e. The molecule has 3 unspecified atom stereocenters. The van der Waals surface area contributed by atoms with E-state index >= 15 is 0 Å². The third-order valence-electron chi connectivity index (χ3n) is 7.36. The number of hydrogen-bond acceptors (Lipinski definition) is 7. The molecule has 5 nitrogen and oxygen atoms in total. The molecular formula is C27H31NO4S2. The van der Waals surface area contributed by atoms with Crippen LogP contribution in [-0.4, -0.2) is 48.3 Å². The second-order valence-electron chi connectivity index (χ2n) is 9.36. The lowest BCUT2D eigenvalue weighted by Gasteiger charge is -2.32. The van der Waals surface area contributed by atoms with E-state index in [9.17, 15) is 9.90 Å². The van der Waals surface area contributed by atoms with Crippen LogP contribution in [0.5, 0.6) is 0 Å². The van der Waals surface area contributed by atoms with Gasteiger partial charge in [-0.05, 0) is 60.7 Å². The molecule has 1 aromatic carbocycles. The third-order valence-corrected chi connectivity index (χ3v) is 9.31. The van der Waals surface area contributed by atoms with Crippen molar-refractivity contribution in [2.45, 2.75) is 43.6 Å². The van der Waals surface area contributed by atoms with Gasteiger partial charge >= 0.3 is 5.97 Å². The summed E-state index contributed by atoms with van der Waals surface area (Å²) >= 11 is 2.76. The number of likely N-dealkylation sites (N-methyl/N-ethyl adjacent to an activating group) is 1. The van der Waals surface area contributed by atoms with E-state index in [1.54, 1.807) is 12.1 Å². The minimum Gasteiger partial charge on any atom is -0.459 e. The Balaban J connectivity index is 1.20. The predicted molar refractivity (Wildman–Crippen MR) is 135 cm³/mol. The van der Waals surface area contributed by atoms with Gasteiger partial charge in [-0.3, -0.25) is 0 Å². The Morgan fingerprint density at radius 1 is 1.06 bits per heavy atom. The fraction of sp³-hybridized carbons (Fsp3) is 0.444. The lowest BCUT2D eigenvalue weighted by atomic mass is 9.94. The summed E-state index contributed by atoms with van der Waals surface area (Å²) in [6, 6.07) is 17.9. The first-order valence-electron chi connectivity index (χ1n) is 11.9. The molecule has 2 saturated carbocycles. The van der Waals surface area contributed by atoms with E-state index in [4.69, 9.17) is 9.47 Å². The van der Waals surface area contributed by atoms with E-state index in [1.165, 1.54) is 28.2 Å². The number of thiophene rings is 2. The van der Waals surface area contributed by atoms with Gasteiger partial charge in [0.1, 0.15) is 6.10 Å². The van der Waals surface area contributed by atoms with Gasteiger partial charge in [-0.1, -0.05) is 42.5 Å². The summed E-state index contributed by atoms with van der Waals surface area (Å²) in [5.41, 5.74) is -0.558. The van der Waals surface area contributed by atoms with Crippen molar-refractivity contribution < 1.29 is 19.4 Å². The molecule has 2 aliphatic carbocycles. The van der Waals surface area contributed by atoms with Crippen LogP contribution in [0.15, 0.2) is 65.4 Å². The lowest BCUT2D eigenvalue weighted by molar-refractivity contribution is -0.170. The number of carbonyl (C=O) groups excluding carboxylic acids is 1. The van der Waals surface area contributed by atoms with E-state index in [1.807, 2.05) is 41.1 Å². The molecule has 4 atom stereocenters. The fourth-order valence-corrected chi connectivity index (χ4v) is 7.28. The molecule has 2 heterocycles. The molecule has 0 saturated heterocycles. The minimum absolute atomic E-state index is 0.142. The van der Waals surface area contributed by atoms with Crippen LogP contribution < -0.4 is 0 Å². The lowest BCUT2D eigenvalue weighted by Crippen LogP contribution is -2.42. The number of ether oxygens (including phenoxy) is 2. The first kappa shape index (κ1) is 23.7. The molecule has 0 aliphatic heterocycles. The van der Waals surface area contributed by atoms with Crippen LogP contribution in [0, 0.1) is 11.8 Å². The smallest absolute Gasteiger partial charge is 0.349 e. The number of rotatable bonds is 10. The Kier molecular flexibility index (Phi) is 7.18. The van der Waals surface area contributed by atoms with Crippen LogP contribution in [0.3, 0.4) is 0 Å². The normalized spacial score (nSPS) is 24.1. The standard InChI is InChI=1S/C27H31NO4S2/c1-28(13-14-31-18-19-7-3-2-4-8-19)22-17-20-11-12-21(22)25(20)32-26(29)27(30,23-9-5-15-33-23)24-10-6-16-34-24/h2-10,15-16,20-22,25,30H,11-14,17-18H2,1H3/t20?,21?,22-,25?/m1/s1. The number of aliphatic hydroxyl groups is 1. The molecule has 0 spiro atoms. The molecular weight excluding hydrogens is 466 g/mol. The van der Waals surface area contributed by atoms with Crippen molar-refractivity contribution in [3.05, 3.63) is 80.7 Å². The van der Waals surface area contributed by atoms with Crippen molar-refractivity contribution in [3.63, 3.8) is 0 Å². The summed E-state index contributed by atoms with van der Waals surface area (Å²) in [4.78, 5) is 17.0. The maximum Gasteiger partial charge on any atom is 0.349 e. The van der Waals surface area contributed by atoms with Crippen molar-refractivity contribution in [1.82, 2.24) is 4.90 Å². The number of carbonyl (C=O) groups is 1. The zero-order chi connectivity index (χ0) is 23.5. The average molecular weight is 498 g/mol. The Morgan fingerprint density at radius 2 is 1.76 bits per heavy atom. The number of esters is 1. The van der Waals surface area contributed by atoms with Crippen molar-refractivity contribution in [2.75, 3.05) is 20.2 Å². The van der Waals surface area contributed by atoms with Crippen molar-refractivity contribution >= 4 is 28.6 Å². The number of fused-ring (bicyclic) bond motifs is 2. The van der Waals surface area contributed by atoms with Gasteiger partial charge in [0.15, 0.2) is 0 Å². The first-order valence-corrected chi connectivity index (χ1v) is 13.7. The molecule has 34 heavy (non-hydrogen) atoms. The van der Waals surface area contributed by atoms with Gasteiger partial charge in [-0.25, -0.2) is 4.79 Å².